The first-order valence-corrected chi connectivity index (χ1v) is 4.67. The van der Waals surface area contributed by atoms with E-state index in [1.165, 1.54) is 30.3 Å². The summed E-state index contributed by atoms with van der Waals surface area (Å²) in [6, 6.07) is 10.9. The molecule has 0 saturated heterocycles. The van der Waals surface area contributed by atoms with Crippen LogP contribution in [0.1, 0.15) is 0 Å². The lowest BCUT2D eigenvalue weighted by atomic mass is 10.0. The third-order valence-corrected chi connectivity index (χ3v) is 2.27. The van der Waals surface area contributed by atoms with Crippen LogP contribution in [0.3, 0.4) is 0 Å². The lowest BCUT2D eigenvalue weighted by molar-refractivity contribution is 0.616. The summed E-state index contributed by atoms with van der Waals surface area (Å²) in [4.78, 5) is 0. The van der Waals surface area contributed by atoms with E-state index in [0.717, 1.165) is 6.07 Å². The Morgan fingerprint density at radius 2 is 1.73 bits per heavy atom. The molecule has 2 aromatic rings. The molecular formula is C12H6ClF2. The van der Waals surface area contributed by atoms with Gasteiger partial charge < -0.3 is 0 Å². The Hall–Kier alpha value is -1.41. The van der Waals surface area contributed by atoms with Crippen LogP contribution in [0.5, 0.6) is 0 Å². The van der Waals surface area contributed by atoms with Gasteiger partial charge in [0.2, 0.25) is 0 Å². The van der Waals surface area contributed by atoms with Gasteiger partial charge in [0.1, 0.15) is 11.6 Å². The van der Waals surface area contributed by atoms with Crippen molar-refractivity contribution in [1.82, 2.24) is 0 Å². The summed E-state index contributed by atoms with van der Waals surface area (Å²) in [7, 11) is 0. The summed E-state index contributed by atoms with van der Waals surface area (Å²) in [6.07, 6.45) is 0. The van der Waals surface area contributed by atoms with Crippen LogP contribution in [-0.2, 0) is 0 Å². The van der Waals surface area contributed by atoms with E-state index in [2.05, 4.69) is 6.07 Å². The fourth-order valence-corrected chi connectivity index (χ4v) is 1.50. The van der Waals surface area contributed by atoms with E-state index in [1.807, 2.05) is 0 Å². The SMILES string of the molecule is Fc1c[c]ccc1-c1ccc(Cl)cc1F. The molecule has 15 heavy (non-hydrogen) atoms. The van der Waals surface area contributed by atoms with Crippen LogP contribution < -0.4 is 0 Å². The number of rotatable bonds is 1. The van der Waals surface area contributed by atoms with Gasteiger partial charge in [-0.1, -0.05) is 23.7 Å². The zero-order valence-corrected chi connectivity index (χ0v) is 8.35. The number of hydrogen-bond donors (Lipinski definition) is 0. The van der Waals surface area contributed by atoms with Gasteiger partial charge in [0.25, 0.3) is 0 Å². The molecule has 0 N–H and O–H groups in total. The van der Waals surface area contributed by atoms with Crippen molar-refractivity contribution in [1.29, 1.82) is 0 Å². The lowest BCUT2D eigenvalue weighted by Crippen LogP contribution is -1.87. The highest BCUT2D eigenvalue weighted by Gasteiger charge is 2.09. The highest BCUT2D eigenvalue weighted by molar-refractivity contribution is 6.30. The van der Waals surface area contributed by atoms with Crippen molar-refractivity contribution in [3.8, 4) is 11.1 Å². The Morgan fingerprint density at radius 1 is 1.00 bits per heavy atom. The van der Waals surface area contributed by atoms with Crippen LogP contribution in [0.25, 0.3) is 11.1 Å². The molecular weight excluding hydrogens is 218 g/mol. The van der Waals surface area contributed by atoms with Gasteiger partial charge in [0, 0.05) is 16.1 Å². The van der Waals surface area contributed by atoms with E-state index in [-0.39, 0.29) is 11.1 Å². The molecule has 0 fully saturated rings. The van der Waals surface area contributed by atoms with Crippen molar-refractivity contribution in [2.75, 3.05) is 0 Å². The van der Waals surface area contributed by atoms with Gasteiger partial charge in [-0.15, -0.1) is 0 Å². The van der Waals surface area contributed by atoms with E-state index in [0.29, 0.717) is 5.02 Å². The molecule has 1 radical (unpaired) electrons. The van der Waals surface area contributed by atoms with Gasteiger partial charge in [-0.25, -0.2) is 8.78 Å². The van der Waals surface area contributed by atoms with Crippen LogP contribution in [0.2, 0.25) is 5.02 Å². The quantitative estimate of drug-likeness (QED) is 0.683. The molecule has 2 aromatic carbocycles. The molecule has 0 amide bonds. The smallest absolute Gasteiger partial charge is 0.132 e. The summed E-state index contributed by atoms with van der Waals surface area (Å²) in [6.45, 7) is 0. The third-order valence-electron chi connectivity index (χ3n) is 2.03. The maximum Gasteiger partial charge on any atom is 0.132 e. The predicted molar refractivity (Wildman–Crippen MR) is 55.6 cm³/mol. The van der Waals surface area contributed by atoms with E-state index in [9.17, 15) is 8.78 Å². The zero-order valence-electron chi connectivity index (χ0n) is 7.60. The van der Waals surface area contributed by atoms with Gasteiger partial charge in [0.15, 0.2) is 0 Å². The summed E-state index contributed by atoms with van der Waals surface area (Å²) in [5, 5.41) is 0.291. The van der Waals surface area contributed by atoms with Crippen molar-refractivity contribution in [3.63, 3.8) is 0 Å². The second kappa shape index (κ2) is 3.99. The Morgan fingerprint density at radius 3 is 2.40 bits per heavy atom. The highest BCUT2D eigenvalue weighted by atomic mass is 35.5. The molecule has 0 saturated carbocycles. The van der Waals surface area contributed by atoms with E-state index in [4.69, 9.17) is 11.6 Å². The first-order chi connectivity index (χ1) is 7.18. The molecule has 0 unspecified atom stereocenters. The number of hydrogen-bond acceptors (Lipinski definition) is 0. The second-order valence-electron chi connectivity index (χ2n) is 3.03. The van der Waals surface area contributed by atoms with Gasteiger partial charge >= 0.3 is 0 Å². The third kappa shape index (κ3) is 2.00. The molecule has 0 aliphatic carbocycles. The minimum Gasteiger partial charge on any atom is -0.206 e. The summed E-state index contributed by atoms with van der Waals surface area (Å²) >= 11 is 5.60. The molecule has 3 heteroatoms. The van der Waals surface area contributed by atoms with E-state index >= 15 is 0 Å². The van der Waals surface area contributed by atoms with Crippen molar-refractivity contribution >= 4 is 11.6 Å². The van der Waals surface area contributed by atoms with Gasteiger partial charge in [-0.2, -0.15) is 0 Å². The summed E-state index contributed by atoms with van der Waals surface area (Å²) in [5.74, 6) is -1.04. The van der Waals surface area contributed by atoms with E-state index in [1.54, 1.807) is 0 Å². The average Bonchev–Trinajstić information content (AvgIpc) is 2.20. The minimum absolute atomic E-state index is 0.200. The van der Waals surface area contributed by atoms with Crippen LogP contribution in [-0.4, -0.2) is 0 Å². The molecule has 0 aliphatic heterocycles. The van der Waals surface area contributed by atoms with Gasteiger partial charge in [-0.3, -0.25) is 0 Å². The fraction of sp³-hybridized carbons (Fsp3) is 0. The molecule has 0 aliphatic rings. The second-order valence-corrected chi connectivity index (χ2v) is 3.47. The molecule has 2 rings (SSSR count). The van der Waals surface area contributed by atoms with Crippen LogP contribution in [0.15, 0.2) is 36.4 Å². The molecule has 0 heterocycles. The highest BCUT2D eigenvalue weighted by Crippen LogP contribution is 2.26. The minimum atomic E-state index is -0.535. The van der Waals surface area contributed by atoms with Crippen molar-refractivity contribution in [2.45, 2.75) is 0 Å². The average molecular weight is 224 g/mol. The summed E-state index contributed by atoms with van der Waals surface area (Å²) < 4.78 is 26.8. The Labute approximate surface area is 91.1 Å². The number of halogens is 3. The Bertz CT molecular complexity index is 495. The Balaban J connectivity index is 2.60. The first-order valence-electron chi connectivity index (χ1n) is 4.29. The summed E-state index contributed by atoms with van der Waals surface area (Å²) in [5.41, 5.74) is 0.411. The fourth-order valence-electron chi connectivity index (χ4n) is 1.34. The van der Waals surface area contributed by atoms with Crippen molar-refractivity contribution < 1.29 is 8.78 Å². The largest absolute Gasteiger partial charge is 0.206 e. The lowest BCUT2D eigenvalue weighted by Gasteiger charge is -2.04. The normalized spacial score (nSPS) is 10.3. The maximum absolute atomic E-state index is 13.5. The van der Waals surface area contributed by atoms with Crippen molar-refractivity contribution in [2.24, 2.45) is 0 Å². The molecule has 0 aromatic heterocycles. The van der Waals surface area contributed by atoms with Crippen molar-refractivity contribution in [3.05, 3.63) is 59.1 Å². The van der Waals surface area contributed by atoms with Gasteiger partial charge in [-0.05, 0) is 30.3 Å². The van der Waals surface area contributed by atoms with Crippen LogP contribution in [0, 0.1) is 17.7 Å². The molecule has 0 nitrogen and oxygen atoms in total. The maximum atomic E-state index is 13.5. The zero-order chi connectivity index (χ0) is 10.8. The molecule has 75 valence electrons. The molecule has 0 bridgehead atoms. The monoisotopic (exact) mass is 223 g/mol. The van der Waals surface area contributed by atoms with Crippen LogP contribution >= 0.6 is 11.6 Å². The van der Waals surface area contributed by atoms with Crippen LogP contribution in [0.4, 0.5) is 8.78 Å². The molecule has 0 spiro atoms. The van der Waals surface area contributed by atoms with E-state index < -0.39 is 11.6 Å². The Kier molecular flexibility index (Phi) is 2.69. The van der Waals surface area contributed by atoms with Gasteiger partial charge in [0.05, 0.1) is 0 Å². The molecule has 0 atom stereocenters. The number of benzene rings is 2. The predicted octanol–water partition coefficient (Wildman–Crippen LogP) is 4.09. The standard InChI is InChI=1S/C12H6ClF2/c13-8-5-6-10(12(15)7-8)9-3-1-2-4-11(9)14/h1,3-7H. The topological polar surface area (TPSA) is 0 Å². The first kappa shape index (κ1) is 10.1.